The van der Waals surface area contributed by atoms with Crippen LogP contribution in [-0.4, -0.2) is 7.05 Å². The zero-order valence-electron chi connectivity index (χ0n) is 10.9. The molecule has 1 unspecified atom stereocenters. The number of hydrogen-bond donors (Lipinski definition) is 0. The number of fused-ring (bicyclic) bond motifs is 4. The molecule has 0 fully saturated rings. The minimum absolute atomic E-state index is 0.426. The van der Waals surface area contributed by atoms with Gasteiger partial charge in [0.2, 0.25) is 0 Å². The van der Waals surface area contributed by atoms with Gasteiger partial charge in [-0.25, -0.2) is 0 Å². The van der Waals surface area contributed by atoms with Crippen LogP contribution >= 0.6 is 15.9 Å². The molecule has 94 valence electrons. The second kappa shape index (κ2) is 3.73. The molecule has 0 spiro atoms. The minimum atomic E-state index is 0.426. The fraction of sp³-hybridized carbons (Fsp3) is 0.176. The van der Waals surface area contributed by atoms with Crippen molar-refractivity contribution in [2.45, 2.75) is 12.8 Å². The third-order valence-electron chi connectivity index (χ3n) is 4.36. The summed E-state index contributed by atoms with van der Waals surface area (Å²) in [4.78, 5) is 2.35. The number of anilines is 1. The smallest absolute Gasteiger partial charge is 0.0485 e. The van der Waals surface area contributed by atoms with E-state index in [2.05, 4.69) is 77.3 Å². The van der Waals surface area contributed by atoms with Crippen molar-refractivity contribution < 1.29 is 0 Å². The van der Waals surface area contributed by atoms with Crippen molar-refractivity contribution >= 4 is 32.9 Å². The molecule has 0 radical (unpaired) electrons. The van der Waals surface area contributed by atoms with E-state index in [1.807, 2.05) is 0 Å². The van der Waals surface area contributed by atoms with Crippen molar-refractivity contribution in [3.63, 3.8) is 0 Å². The van der Waals surface area contributed by atoms with Crippen LogP contribution in [-0.2, 0) is 0 Å². The molecule has 2 aliphatic rings. The van der Waals surface area contributed by atoms with Crippen molar-refractivity contribution in [2.24, 2.45) is 0 Å². The second-order valence-electron chi connectivity index (χ2n) is 5.31. The summed E-state index contributed by atoms with van der Waals surface area (Å²) in [6, 6.07) is 15.3. The highest BCUT2D eigenvalue weighted by Crippen LogP contribution is 2.48. The molecule has 0 amide bonds. The summed E-state index contributed by atoms with van der Waals surface area (Å²) < 4.78 is 1.16. The van der Waals surface area contributed by atoms with Crippen molar-refractivity contribution in [1.29, 1.82) is 0 Å². The maximum absolute atomic E-state index is 3.60. The highest BCUT2D eigenvalue weighted by atomic mass is 79.9. The molecule has 0 bridgehead atoms. The molecule has 0 saturated heterocycles. The van der Waals surface area contributed by atoms with Crippen LogP contribution in [0.3, 0.4) is 0 Å². The fourth-order valence-electron chi connectivity index (χ4n) is 3.51. The topological polar surface area (TPSA) is 3.24 Å². The molecule has 1 aliphatic carbocycles. The van der Waals surface area contributed by atoms with Gasteiger partial charge >= 0.3 is 0 Å². The molecule has 1 nitrogen and oxygen atoms in total. The number of likely N-dealkylation sites (N-methyl/N-ethyl adjacent to an activating group) is 1. The van der Waals surface area contributed by atoms with Gasteiger partial charge in [-0.05, 0) is 35.9 Å². The SMILES string of the molecule is CC1=c2ccccc2=C2C1c1cc(Br)ccc1N2C. The predicted octanol–water partition coefficient (Wildman–Crippen LogP) is 2.98. The molecule has 1 heterocycles. The Morgan fingerprint density at radius 1 is 1.05 bits per heavy atom. The van der Waals surface area contributed by atoms with E-state index < -0.39 is 0 Å². The molecular formula is C17H14BrN. The Labute approximate surface area is 121 Å². The van der Waals surface area contributed by atoms with Crippen LogP contribution in [0.25, 0.3) is 11.3 Å². The highest BCUT2D eigenvalue weighted by Gasteiger charge is 2.36. The lowest BCUT2D eigenvalue weighted by Crippen LogP contribution is -2.27. The maximum atomic E-state index is 3.60. The lowest BCUT2D eigenvalue weighted by molar-refractivity contribution is 1.14. The zero-order chi connectivity index (χ0) is 13.1. The van der Waals surface area contributed by atoms with Crippen LogP contribution in [0.1, 0.15) is 18.4 Å². The second-order valence-corrected chi connectivity index (χ2v) is 6.22. The molecule has 0 saturated carbocycles. The molecular weight excluding hydrogens is 298 g/mol. The van der Waals surface area contributed by atoms with E-state index >= 15 is 0 Å². The van der Waals surface area contributed by atoms with E-state index in [0.717, 1.165) is 4.47 Å². The van der Waals surface area contributed by atoms with Crippen LogP contribution in [0.2, 0.25) is 0 Å². The van der Waals surface area contributed by atoms with Crippen LogP contribution < -0.4 is 15.3 Å². The Kier molecular flexibility index (Phi) is 2.22. The van der Waals surface area contributed by atoms with Gasteiger partial charge < -0.3 is 4.90 Å². The van der Waals surface area contributed by atoms with E-state index in [1.54, 1.807) is 0 Å². The largest absolute Gasteiger partial charge is 0.346 e. The van der Waals surface area contributed by atoms with Gasteiger partial charge in [-0.2, -0.15) is 0 Å². The average Bonchev–Trinajstić information content (AvgIpc) is 2.86. The Morgan fingerprint density at radius 3 is 2.58 bits per heavy atom. The highest BCUT2D eigenvalue weighted by molar-refractivity contribution is 9.10. The van der Waals surface area contributed by atoms with Crippen molar-refractivity contribution in [3.05, 3.63) is 62.9 Å². The Bertz CT molecular complexity index is 819. The van der Waals surface area contributed by atoms with Crippen LogP contribution in [0.5, 0.6) is 0 Å². The lowest BCUT2D eigenvalue weighted by atomic mass is 9.94. The van der Waals surface area contributed by atoms with E-state index in [1.165, 1.54) is 33.0 Å². The van der Waals surface area contributed by atoms with Gasteiger partial charge in [0.15, 0.2) is 0 Å². The predicted molar refractivity (Wildman–Crippen MR) is 83.5 cm³/mol. The molecule has 19 heavy (non-hydrogen) atoms. The first kappa shape index (κ1) is 11.3. The van der Waals surface area contributed by atoms with Crippen molar-refractivity contribution in [2.75, 3.05) is 11.9 Å². The fourth-order valence-corrected chi connectivity index (χ4v) is 3.89. The molecule has 2 aromatic carbocycles. The first-order chi connectivity index (χ1) is 9.18. The van der Waals surface area contributed by atoms with Crippen LogP contribution in [0.4, 0.5) is 5.69 Å². The summed E-state index contributed by atoms with van der Waals surface area (Å²) >= 11 is 3.60. The quantitative estimate of drug-likeness (QED) is 0.723. The monoisotopic (exact) mass is 311 g/mol. The van der Waals surface area contributed by atoms with Gasteiger partial charge in [-0.3, -0.25) is 0 Å². The van der Waals surface area contributed by atoms with Crippen LogP contribution in [0.15, 0.2) is 46.9 Å². The van der Waals surface area contributed by atoms with E-state index in [9.17, 15) is 0 Å². The Hall–Kier alpha value is -1.54. The van der Waals surface area contributed by atoms with E-state index in [4.69, 9.17) is 0 Å². The van der Waals surface area contributed by atoms with Gasteiger partial charge in [0.25, 0.3) is 0 Å². The van der Waals surface area contributed by atoms with Gasteiger partial charge in [0, 0.05) is 34.0 Å². The Balaban J connectivity index is 2.13. The maximum Gasteiger partial charge on any atom is 0.0485 e. The van der Waals surface area contributed by atoms with Crippen molar-refractivity contribution in [1.82, 2.24) is 0 Å². The molecule has 1 atom stereocenters. The molecule has 2 heteroatoms. The Morgan fingerprint density at radius 2 is 1.79 bits per heavy atom. The van der Waals surface area contributed by atoms with Gasteiger partial charge in [-0.1, -0.05) is 45.8 Å². The molecule has 2 aromatic rings. The number of benzene rings is 2. The number of rotatable bonds is 0. The normalized spacial score (nSPS) is 19.5. The number of hydrogen-bond acceptors (Lipinski definition) is 1. The third kappa shape index (κ3) is 1.35. The molecule has 4 rings (SSSR count). The first-order valence-corrected chi connectivity index (χ1v) is 7.31. The van der Waals surface area contributed by atoms with Crippen LogP contribution in [0, 0.1) is 0 Å². The van der Waals surface area contributed by atoms with Crippen molar-refractivity contribution in [3.8, 4) is 0 Å². The first-order valence-electron chi connectivity index (χ1n) is 6.51. The zero-order valence-corrected chi connectivity index (χ0v) is 12.5. The van der Waals surface area contributed by atoms with E-state index in [-0.39, 0.29) is 0 Å². The minimum Gasteiger partial charge on any atom is -0.346 e. The summed E-state index contributed by atoms with van der Waals surface area (Å²) in [5.74, 6) is 0.426. The van der Waals surface area contributed by atoms with E-state index in [0.29, 0.717) is 5.92 Å². The summed E-state index contributed by atoms with van der Waals surface area (Å²) in [5.41, 5.74) is 5.65. The molecule has 0 aromatic heterocycles. The van der Waals surface area contributed by atoms with Gasteiger partial charge in [0.1, 0.15) is 0 Å². The molecule has 1 aliphatic heterocycles. The summed E-state index contributed by atoms with van der Waals surface area (Å²) in [5, 5.41) is 2.79. The van der Waals surface area contributed by atoms with Gasteiger partial charge in [-0.15, -0.1) is 0 Å². The summed E-state index contributed by atoms with van der Waals surface area (Å²) in [6.07, 6.45) is 0. The summed E-state index contributed by atoms with van der Waals surface area (Å²) in [7, 11) is 2.18. The lowest BCUT2D eigenvalue weighted by Gasteiger charge is -2.15. The third-order valence-corrected chi connectivity index (χ3v) is 4.85. The number of halogens is 1. The average molecular weight is 312 g/mol. The van der Waals surface area contributed by atoms with Gasteiger partial charge in [0.05, 0.1) is 0 Å². The standard InChI is InChI=1S/C17H14BrN/c1-10-12-5-3-4-6-13(12)17-16(10)14-9-11(18)7-8-15(14)19(17)2/h3-9,16H,1-2H3. The number of nitrogens with zero attached hydrogens (tertiary/aromatic N) is 1. The molecule has 0 N–H and O–H groups in total. The summed E-state index contributed by atoms with van der Waals surface area (Å²) in [6.45, 7) is 2.26.